The van der Waals surface area contributed by atoms with Gasteiger partial charge in [-0.05, 0) is 63.5 Å². The van der Waals surface area contributed by atoms with Gasteiger partial charge in [0.2, 0.25) is 0 Å². The molecular formula is C20H32O3. The highest BCUT2D eigenvalue weighted by molar-refractivity contribution is 5.02. The summed E-state index contributed by atoms with van der Waals surface area (Å²) in [6.07, 6.45) is 17.3. The Balaban J connectivity index is 2.07. The standard InChI is InChI=1S/C20H32O3/c1-3-4-5-7-12-18(2)17-19(21)13-8-6-10-15-22-20-14-9-11-16-23-20/h3-5,8,12-13,18-21H,6,9-11,14-17H2,1-2H3/b4-3+,13-8+. The molecule has 1 fully saturated rings. The number of hydrogen-bond acceptors (Lipinski definition) is 3. The van der Waals surface area contributed by atoms with Gasteiger partial charge in [-0.15, -0.1) is 5.73 Å². The van der Waals surface area contributed by atoms with Crippen LogP contribution in [0.15, 0.2) is 42.2 Å². The van der Waals surface area contributed by atoms with Gasteiger partial charge < -0.3 is 14.6 Å². The molecule has 3 heteroatoms. The van der Waals surface area contributed by atoms with Crippen molar-refractivity contribution in [2.24, 2.45) is 5.92 Å². The lowest BCUT2D eigenvalue weighted by Crippen LogP contribution is -2.22. The van der Waals surface area contributed by atoms with Crippen LogP contribution in [-0.4, -0.2) is 30.7 Å². The maximum atomic E-state index is 9.97. The van der Waals surface area contributed by atoms with Crippen LogP contribution in [0.25, 0.3) is 0 Å². The predicted octanol–water partition coefficient (Wildman–Crippen LogP) is 4.54. The van der Waals surface area contributed by atoms with Crippen LogP contribution in [0.1, 0.15) is 52.4 Å². The zero-order valence-corrected chi connectivity index (χ0v) is 14.6. The number of rotatable bonds is 10. The number of ether oxygens (including phenoxy) is 2. The van der Waals surface area contributed by atoms with Crippen molar-refractivity contribution < 1.29 is 14.6 Å². The summed E-state index contributed by atoms with van der Waals surface area (Å²) in [7, 11) is 0. The summed E-state index contributed by atoms with van der Waals surface area (Å²) < 4.78 is 11.2. The summed E-state index contributed by atoms with van der Waals surface area (Å²) in [5.74, 6) is 0.308. The van der Waals surface area contributed by atoms with Crippen molar-refractivity contribution in [1.82, 2.24) is 0 Å². The third-order valence-electron chi connectivity index (χ3n) is 3.69. The molecule has 3 nitrogen and oxygen atoms in total. The zero-order chi connectivity index (χ0) is 16.8. The van der Waals surface area contributed by atoms with Gasteiger partial charge in [-0.1, -0.05) is 31.2 Å². The molecule has 0 radical (unpaired) electrons. The lowest BCUT2D eigenvalue weighted by molar-refractivity contribution is -0.162. The van der Waals surface area contributed by atoms with Crippen molar-refractivity contribution in [2.45, 2.75) is 64.8 Å². The smallest absolute Gasteiger partial charge is 0.157 e. The molecule has 3 unspecified atom stereocenters. The molecule has 1 heterocycles. The van der Waals surface area contributed by atoms with Crippen LogP contribution in [0.2, 0.25) is 0 Å². The first-order valence-corrected chi connectivity index (χ1v) is 8.84. The first-order valence-electron chi connectivity index (χ1n) is 8.84. The van der Waals surface area contributed by atoms with E-state index in [0.717, 1.165) is 45.3 Å². The van der Waals surface area contributed by atoms with E-state index in [9.17, 15) is 5.11 Å². The van der Waals surface area contributed by atoms with E-state index >= 15 is 0 Å². The monoisotopic (exact) mass is 320 g/mol. The van der Waals surface area contributed by atoms with Gasteiger partial charge in [0.05, 0.1) is 12.7 Å². The van der Waals surface area contributed by atoms with Crippen LogP contribution in [0.3, 0.4) is 0 Å². The van der Waals surface area contributed by atoms with Crippen molar-refractivity contribution in [3.8, 4) is 0 Å². The molecular weight excluding hydrogens is 288 g/mol. The van der Waals surface area contributed by atoms with Crippen molar-refractivity contribution in [1.29, 1.82) is 0 Å². The average molecular weight is 320 g/mol. The Hall–Kier alpha value is -1.12. The largest absolute Gasteiger partial charge is 0.389 e. The van der Waals surface area contributed by atoms with Crippen LogP contribution in [0, 0.1) is 5.92 Å². The number of aliphatic hydroxyl groups excluding tert-OH is 1. The average Bonchev–Trinajstić information content (AvgIpc) is 2.56. The van der Waals surface area contributed by atoms with Gasteiger partial charge in [-0.25, -0.2) is 0 Å². The predicted molar refractivity (Wildman–Crippen MR) is 95.2 cm³/mol. The molecule has 1 saturated heterocycles. The van der Waals surface area contributed by atoms with Gasteiger partial charge >= 0.3 is 0 Å². The Morgan fingerprint density at radius 1 is 1.39 bits per heavy atom. The van der Waals surface area contributed by atoms with E-state index in [1.54, 1.807) is 0 Å². The van der Waals surface area contributed by atoms with E-state index in [1.165, 1.54) is 6.42 Å². The van der Waals surface area contributed by atoms with Gasteiger partial charge in [0.25, 0.3) is 0 Å². The molecule has 130 valence electrons. The SMILES string of the molecule is C/C=C/C=C=CC(C)CC(O)/C=C/CCCOC1CCCCO1. The Labute approximate surface area is 141 Å². The highest BCUT2D eigenvalue weighted by atomic mass is 16.7. The highest BCUT2D eigenvalue weighted by Crippen LogP contribution is 2.14. The molecule has 1 aliphatic rings. The fraction of sp³-hybridized carbons (Fsp3) is 0.650. The first kappa shape index (κ1) is 19.9. The molecule has 0 saturated carbocycles. The fourth-order valence-electron chi connectivity index (χ4n) is 2.41. The molecule has 0 aromatic carbocycles. The Morgan fingerprint density at radius 3 is 3.00 bits per heavy atom. The molecule has 1 aliphatic heterocycles. The van der Waals surface area contributed by atoms with Crippen LogP contribution >= 0.6 is 0 Å². The second kappa shape index (κ2) is 13.3. The molecule has 1 N–H and O–H groups in total. The van der Waals surface area contributed by atoms with Crippen LogP contribution in [0.4, 0.5) is 0 Å². The van der Waals surface area contributed by atoms with Crippen molar-refractivity contribution in [3.05, 3.63) is 42.2 Å². The summed E-state index contributed by atoms with van der Waals surface area (Å²) in [6, 6.07) is 0. The number of hydrogen-bond donors (Lipinski definition) is 1. The molecule has 0 aromatic rings. The minimum atomic E-state index is -0.396. The van der Waals surface area contributed by atoms with Crippen LogP contribution in [0.5, 0.6) is 0 Å². The van der Waals surface area contributed by atoms with E-state index in [4.69, 9.17) is 9.47 Å². The summed E-state index contributed by atoms with van der Waals surface area (Å²) in [6.45, 7) is 5.61. The molecule has 1 rings (SSSR count). The van der Waals surface area contributed by atoms with Crippen LogP contribution < -0.4 is 0 Å². The lowest BCUT2D eigenvalue weighted by Gasteiger charge is -2.22. The zero-order valence-electron chi connectivity index (χ0n) is 14.6. The van der Waals surface area contributed by atoms with E-state index < -0.39 is 6.10 Å². The summed E-state index contributed by atoms with van der Waals surface area (Å²) in [5.41, 5.74) is 3.11. The maximum Gasteiger partial charge on any atom is 0.157 e. The molecule has 0 aromatic heterocycles. The fourth-order valence-corrected chi connectivity index (χ4v) is 2.41. The van der Waals surface area contributed by atoms with E-state index in [0.29, 0.717) is 5.92 Å². The minimum absolute atomic E-state index is 0.00145. The minimum Gasteiger partial charge on any atom is -0.389 e. The van der Waals surface area contributed by atoms with E-state index in [1.807, 2.05) is 43.4 Å². The Morgan fingerprint density at radius 2 is 2.26 bits per heavy atom. The molecule has 0 aliphatic carbocycles. The molecule has 3 atom stereocenters. The molecule has 0 bridgehead atoms. The van der Waals surface area contributed by atoms with Gasteiger partial charge in [0.15, 0.2) is 6.29 Å². The first-order chi connectivity index (χ1) is 11.2. The highest BCUT2D eigenvalue weighted by Gasteiger charge is 2.13. The van der Waals surface area contributed by atoms with Gasteiger partial charge in [-0.2, -0.15) is 0 Å². The second-order valence-corrected chi connectivity index (χ2v) is 6.04. The van der Waals surface area contributed by atoms with E-state index in [-0.39, 0.29) is 6.29 Å². The second-order valence-electron chi connectivity index (χ2n) is 6.04. The summed E-state index contributed by atoms with van der Waals surface area (Å²) in [5, 5.41) is 9.97. The van der Waals surface area contributed by atoms with Gasteiger partial charge in [0.1, 0.15) is 0 Å². The normalized spacial score (nSPS) is 21.3. The van der Waals surface area contributed by atoms with Gasteiger partial charge in [0, 0.05) is 6.61 Å². The molecule has 0 amide bonds. The third kappa shape index (κ3) is 11.1. The van der Waals surface area contributed by atoms with Crippen molar-refractivity contribution >= 4 is 0 Å². The maximum absolute atomic E-state index is 9.97. The Kier molecular flexibility index (Phi) is 11.5. The molecule has 0 spiro atoms. The lowest BCUT2D eigenvalue weighted by atomic mass is 10.0. The quantitative estimate of drug-likeness (QED) is 0.278. The molecule has 23 heavy (non-hydrogen) atoms. The number of unbranched alkanes of at least 4 members (excludes halogenated alkanes) is 1. The summed E-state index contributed by atoms with van der Waals surface area (Å²) >= 11 is 0. The van der Waals surface area contributed by atoms with Crippen molar-refractivity contribution in [2.75, 3.05) is 13.2 Å². The number of aliphatic hydroxyl groups is 1. The van der Waals surface area contributed by atoms with Gasteiger partial charge in [-0.3, -0.25) is 0 Å². The van der Waals surface area contributed by atoms with E-state index in [2.05, 4.69) is 12.7 Å². The van der Waals surface area contributed by atoms with Crippen molar-refractivity contribution in [3.63, 3.8) is 0 Å². The topological polar surface area (TPSA) is 38.7 Å². The number of allylic oxidation sites excluding steroid dienone is 4. The Bertz CT molecular complexity index is 399. The summed E-state index contributed by atoms with van der Waals surface area (Å²) in [4.78, 5) is 0. The van der Waals surface area contributed by atoms with Crippen LogP contribution in [-0.2, 0) is 9.47 Å². The third-order valence-corrected chi connectivity index (χ3v) is 3.69.